The number of fused-ring (bicyclic) bond motifs is 1. The maximum atomic E-state index is 13.0. The Bertz CT molecular complexity index is 1030. The number of ether oxygens (including phenoxy) is 2. The normalized spacial score (nSPS) is 15.8. The van der Waals surface area contributed by atoms with Crippen LogP contribution in [0.25, 0.3) is 10.1 Å². The van der Waals surface area contributed by atoms with E-state index in [9.17, 15) is 4.79 Å². The van der Waals surface area contributed by atoms with Crippen molar-refractivity contribution in [3.63, 3.8) is 0 Å². The van der Waals surface area contributed by atoms with Crippen LogP contribution in [-0.2, 0) is 4.74 Å². The second-order valence-electron chi connectivity index (χ2n) is 7.01. The van der Waals surface area contributed by atoms with Gasteiger partial charge in [-0.2, -0.15) is 0 Å². The zero-order chi connectivity index (χ0) is 21.1. The van der Waals surface area contributed by atoms with Gasteiger partial charge in [0.1, 0.15) is 10.6 Å². The first-order valence-corrected chi connectivity index (χ1v) is 11.3. The van der Waals surface area contributed by atoms with Crippen molar-refractivity contribution in [1.82, 2.24) is 10.2 Å². The summed E-state index contributed by atoms with van der Waals surface area (Å²) in [6.07, 6.45) is 0. The fourth-order valence-electron chi connectivity index (χ4n) is 3.66. The number of amides is 1. The highest BCUT2D eigenvalue weighted by atomic mass is 35.5. The van der Waals surface area contributed by atoms with Crippen LogP contribution in [0.4, 0.5) is 0 Å². The highest BCUT2D eigenvalue weighted by Crippen LogP contribution is 2.39. The molecule has 1 amide bonds. The third kappa shape index (κ3) is 4.43. The van der Waals surface area contributed by atoms with Gasteiger partial charge >= 0.3 is 0 Å². The zero-order valence-corrected chi connectivity index (χ0v) is 18.8. The van der Waals surface area contributed by atoms with E-state index < -0.39 is 0 Å². The maximum Gasteiger partial charge on any atom is 0.262 e. The molecule has 4 rings (SSSR count). The lowest BCUT2D eigenvalue weighted by molar-refractivity contribution is 0.0162. The number of carbonyl (C=O) groups is 1. The Hall–Kier alpha value is -1.83. The molecule has 30 heavy (non-hydrogen) atoms. The molecule has 8 heteroatoms. The Morgan fingerprint density at radius 3 is 2.60 bits per heavy atom. The quantitative estimate of drug-likeness (QED) is 0.556. The molecule has 0 unspecified atom stereocenters. The first-order chi connectivity index (χ1) is 14.6. The average Bonchev–Trinajstić information content (AvgIpc) is 3.13. The molecule has 158 valence electrons. The summed E-state index contributed by atoms with van der Waals surface area (Å²) < 4.78 is 11.7. The Morgan fingerprint density at radius 1 is 1.20 bits per heavy atom. The third-order valence-corrected chi connectivity index (χ3v) is 7.21. The highest BCUT2D eigenvalue weighted by Gasteiger charge is 2.25. The SMILES string of the molecule is COc1ccc([C@H](CNC(=O)c2sc3cccc(Cl)c3c2Cl)N2CCOCC2)cc1. The van der Waals surface area contributed by atoms with E-state index in [0.29, 0.717) is 34.7 Å². The van der Waals surface area contributed by atoms with Crippen LogP contribution in [0.5, 0.6) is 5.75 Å². The van der Waals surface area contributed by atoms with Gasteiger partial charge in [-0.1, -0.05) is 41.4 Å². The van der Waals surface area contributed by atoms with E-state index in [4.69, 9.17) is 32.7 Å². The van der Waals surface area contributed by atoms with E-state index in [0.717, 1.165) is 34.5 Å². The van der Waals surface area contributed by atoms with Gasteiger partial charge in [-0.05, 0) is 29.8 Å². The van der Waals surface area contributed by atoms with Gasteiger partial charge < -0.3 is 14.8 Å². The molecule has 2 heterocycles. The Labute approximate surface area is 189 Å². The second-order valence-corrected chi connectivity index (χ2v) is 8.84. The van der Waals surface area contributed by atoms with Crippen molar-refractivity contribution in [2.75, 3.05) is 40.0 Å². The average molecular weight is 465 g/mol. The molecule has 1 aliphatic heterocycles. The van der Waals surface area contributed by atoms with Crippen molar-refractivity contribution in [1.29, 1.82) is 0 Å². The number of carbonyl (C=O) groups excluding carboxylic acids is 1. The van der Waals surface area contributed by atoms with E-state index in [1.165, 1.54) is 11.3 Å². The molecule has 0 bridgehead atoms. The van der Waals surface area contributed by atoms with Crippen LogP contribution < -0.4 is 10.1 Å². The van der Waals surface area contributed by atoms with Crippen LogP contribution in [0, 0.1) is 0 Å². The standard InChI is InChI=1S/C22H22Cl2N2O3S/c1-28-15-7-5-14(6-8-15)17(26-9-11-29-12-10-26)13-25-22(27)21-20(24)19-16(23)3-2-4-18(19)30-21/h2-8,17H,9-13H2,1H3,(H,25,27)/t17-/m0/s1. The van der Waals surface area contributed by atoms with Gasteiger partial charge in [0.15, 0.2) is 0 Å². The molecule has 3 aromatic rings. The first-order valence-electron chi connectivity index (χ1n) is 9.69. The molecule has 1 fully saturated rings. The van der Waals surface area contributed by atoms with Crippen molar-refractivity contribution in [2.45, 2.75) is 6.04 Å². The van der Waals surface area contributed by atoms with Crippen LogP contribution in [0.2, 0.25) is 10.0 Å². The molecule has 2 aromatic carbocycles. The van der Waals surface area contributed by atoms with Crippen LogP contribution in [0.1, 0.15) is 21.3 Å². The highest BCUT2D eigenvalue weighted by molar-refractivity contribution is 7.21. The third-order valence-electron chi connectivity index (χ3n) is 5.26. The summed E-state index contributed by atoms with van der Waals surface area (Å²) in [5.74, 6) is 0.612. The minimum absolute atomic E-state index is 0.0282. The van der Waals surface area contributed by atoms with Crippen molar-refractivity contribution < 1.29 is 14.3 Å². The number of halogens is 2. The summed E-state index contributed by atoms with van der Waals surface area (Å²) in [4.78, 5) is 15.8. The number of morpholine rings is 1. The monoisotopic (exact) mass is 464 g/mol. The van der Waals surface area contributed by atoms with Gasteiger partial charge in [0, 0.05) is 29.7 Å². The van der Waals surface area contributed by atoms with Crippen molar-refractivity contribution in [3.8, 4) is 5.75 Å². The van der Waals surface area contributed by atoms with Crippen LogP contribution in [0.15, 0.2) is 42.5 Å². The molecular formula is C22H22Cl2N2O3S. The van der Waals surface area contributed by atoms with E-state index in [1.807, 2.05) is 36.4 Å². The number of rotatable bonds is 6. The number of nitrogens with zero attached hydrogens (tertiary/aromatic N) is 1. The summed E-state index contributed by atoms with van der Waals surface area (Å²) in [7, 11) is 1.65. The van der Waals surface area contributed by atoms with E-state index >= 15 is 0 Å². The van der Waals surface area contributed by atoms with Crippen LogP contribution >= 0.6 is 34.5 Å². The Balaban J connectivity index is 1.55. The minimum atomic E-state index is -0.191. The van der Waals surface area contributed by atoms with Gasteiger partial charge in [-0.25, -0.2) is 0 Å². The molecule has 0 spiro atoms. The molecular weight excluding hydrogens is 443 g/mol. The number of hydrogen-bond acceptors (Lipinski definition) is 5. The summed E-state index contributed by atoms with van der Waals surface area (Å²) in [5.41, 5.74) is 1.11. The predicted octanol–water partition coefficient (Wildman–Crippen LogP) is 5.02. The molecule has 0 aliphatic carbocycles. The lowest BCUT2D eigenvalue weighted by Crippen LogP contribution is -2.43. The van der Waals surface area contributed by atoms with Gasteiger partial charge in [-0.15, -0.1) is 11.3 Å². The molecule has 1 atom stereocenters. The Kier molecular flexibility index (Phi) is 6.80. The molecule has 1 aliphatic rings. The smallest absolute Gasteiger partial charge is 0.262 e. The number of benzene rings is 2. The van der Waals surface area contributed by atoms with Gasteiger partial charge in [-0.3, -0.25) is 9.69 Å². The van der Waals surface area contributed by atoms with Gasteiger partial charge in [0.2, 0.25) is 0 Å². The molecule has 0 saturated carbocycles. The lowest BCUT2D eigenvalue weighted by atomic mass is 10.0. The molecule has 1 aromatic heterocycles. The summed E-state index contributed by atoms with van der Waals surface area (Å²) in [6.45, 7) is 3.45. The minimum Gasteiger partial charge on any atom is -0.497 e. The largest absolute Gasteiger partial charge is 0.497 e. The number of hydrogen-bond donors (Lipinski definition) is 1. The molecule has 1 saturated heterocycles. The number of methoxy groups -OCH3 is 1. The van der Waals surface area contributed by atoms with Crippen molar-refractivity contribution in [3.05, 3.63) is 63.0 Å². The van der Waals surface area contributed by atoms with E-state index in [-0.39, 0.29) is 11.9 Å². The van der Waals surface area contributed by atoms with Crippen LogP contribution in [0.3, 0.4) is 0 Å². The van der Waals surface area contributed by atoms with Gasteiger partial charge in [0.05, 0.1) is 36.4 Å². The van der Waals surface area contributed by atoms with Crippen molar-refractivity contribution in [2.24, 2.45) is 0 Å². The molecule has 1 N–H and O–H groups in total. The number of nitrogens with one attached hydrogen (secondary N) is 1. The van der Waals surface area contributed by atoms with E-state index in [2.05, 4.69) is 10.2 Å². The Morgan fingerprint density at radius 2 is 1.93 bits per heavy atom. The molecule has 5 nitrogen and oxygen atoms in total. The second kappa shape index (κ2) is 9.54. The van der Waals surface area contributed by atoms with Crippen molar-refractivity contribution >= 4 is 50.5 Å². The van der Waals surface area contributed by atoms with Crippen LogP contribution in [-0.4, -0.2) is 50.8 Å². The lowest BCUT2D eigenvalue weighted by Gasteiger charge is -2.35. The predicted molar refractivity (Wildman–Crippen MR) is 122 cm³/mol. The van der Waals surface area contributed by atoms with E-state index in [1.54, 1.807) is 13.2 Å². The topological polar surface area (TPSA) is 50.8 Å². The first kappa shape index (κ1) is 21.4. The van der Waals surface area contributed by atoms with Gasteiger partial charge in [0.25, 0.3) is 5.91 Å². The summed E-state index contributed by atoms with van der Waals surface area (Å²) in [6, 6.07) is 13.5. The number of thiophene rings is 1. The summed E-state index contributed by atoms with van der Waals surface area (Å²) in [5, 5.41) is 4.77. The fraction of sp³-hybridized carbons (Fsp3) is 0.318. The molecule has 0 radical (unpaired) electrons. The maximum absolute atomic E-state index is 13.0. The zero-order valence-electron chi connectivity index (χ0n) is 16.5. The summed E-state index contributed by atoms with van der Waals surface area (Å²) >= 11 is 14.1. The fourth-order valence-corrected chi connectivity index (χ4v) is 5.53.